The van der Waals surface area contributed by atoms with Crippen LogP contribution in [0, 0.1) is 6.61 Å². The Morgan fingerprint density at radius 1 is 0.667 bits per heavy atom. The average Bonchev–Trinajstić information content (AvgIpc) is 2.50. The molecule has 0 aliphatic rings. The minimum Gasteiger partial charge on any atom is -0.376 e. The Balaban J connectivity index is 3.11. The molecule has 0 aromatic rings. The van der Waals surface area contributed by atoms with Crippen molar-refractivity contribution in [1.29, 1.82) is 0 Å². The first kappa shape index (κ1) is 20.4. The van der Waals surface area contributed by atoms with E-state index < -0.39 is 0 Å². The molecule has 0 bridgehead atoms. The molecule has 0 saturated carbocycles. The fourth-order valence-electron chi connectivity index (χ4n) is 2.29. The number of hydrogen-bond donors (Lipinski definition) is 0. The van der Waals surface area contributed by atoms with Gasteiger partial charge in [0, 0.05) is 6.61 Å². The van der Waals surface area contributed by atoms with Gasteiger partial charge < -0.3 is 4.74 Å². The van der Waals surface area contributed by atoms with E-state index in [1.165, 1.54) is 70.6 Å². The molecule has 0 atom stereocenters. The molecule has 1 nitrogen and oxygen atoms in total. The third-order valence-corrected chi connectivity index (χ3v) is 3.63. The Morgan fingerprint density at radius 3 is 1.86 bits per heavy atom. The van der Waals surface area contributed by atoms with Crippen molar-refractivity contribution in [2.45, 2.75) is 90.9 Å². The fraction of sp³-hybridized carbons (Fsp3) is 0.750. The summed E-state index contributed by atoms with van der Waals surface area (Å²) in [6.07, 6.45) is 24.9. The van der Waals surface area contributed by atoms with Crippen molar-refractivity contribution in [3.05, 3.63) is 30.9 Å². The molecule has 0 unspecified atom stereocenters. The normalized spacial score (nSPS) is 11.9. The number of allylic oxidation sites excluding steroid dienone is 4. The van der Waals surface area contributed by atoms with Gasteiger partial charge >= 0.3 is 0 Å². The summed E-state index contributed by atoms with van der Waals surface area (Å²) in [6.45, 7) is 6.87. The first-order valence-corrected chi connectivity index (χ1v) is 9.11. The van der Waals surface area contributed by atoms with Crippen LogP contribution < -0.4 is 0 Å². The quantitative estimate of drug-likeness (QED) is 0.220. The number of rotatable bonds is 16. The van der Waals surface area contributed by atoms with Gasteiger partial charge in [0.05, 0.1) is 6.61 Å². The van der Waals surface area contributed by atoms with E-state index in [1.807, 2.05) is 6.92 Å². The first-order chi connectivity index (χ1) is 10.4. The molecule has 123 valence electrons. The minimum atomic E-state index is 0.894. The minimum absolute atomic E-state index is 0.894. The largest absolute Gasteiger partial charge is 0.376 e. The summed E-state index contributed by atoms with van der Waals surface area (Å²) >= 11 is 0. The number of unbranched alkanes of at least 4 members (excludes halogenated alkanes) is 9. The highest BCUT2D eigenvalue weighted by Gasteiger charge is 1.91. The van der Waals surface area contributed by atoms with Gasteiger partial charge in [-0.15, -0.1) is 0 Å². The standard InChI is InChI=1S/C20H37O/c1-3-5-6-7-8-9-10-11-12-13-14-15-16-17-18-19-20-21-4-2/h4,8-9,11-12H,3,5-7,10,13-20H2,1-2H3/b9-8-,12-11-. The van der Waals surface area contributed by atoms with Crippen LogP contribution in [0.25, 0.3) is 0 Å². The van der Waals surface area contributed by atoms with Crippen LogP contribution in [-0.2, 0) is 4.74 Å². The van der Waals surface area contributed by atoms with Gasteiger partial charge in [0.2, 0.25) is 0 Å². The third-order valence-electron chi connectivity index (χ3n) is 3.63. The van der Waals surface area contributed by atoms with E-state index in [2.05, 4.69) is 31.2 Å². The lowest BCUT2D eigenvalue weighted by molar-refractivity contribution is 0.197. The molecule has 0 heterocycles. The number of ether oxygens (including phenoxy) is 1. The van der Waals surface area contributed by atoms with Crippen LogP contribution in [0.5, 0.6) is 0 Å². The van der Waals surface area contributed by atoms with Gasteiger partial charge in [-0.1, -0.05) is 69.8 Å². The van der Waals surface area contributed by atoms with Crippen LogP contribution in [0.2, 0.25) is 0 Å². The van der Waals surface area contributed by atoms with Crippen LogP contribution >= 0.6 is 0 Å². The van der Waals surface area contributed by atoms with Crippen molar-refractivity contribution < 1.29 is 4.74 Å². The molecule has 0 aliphatic heterocycles. The third kappa shape index (κ3) is 19.4. The van der Waals surface area contributed by atoms with Gasteiger partial charge in [-0.05, 0) is 45.4 Å². The van der Waals surface area contributed by atoms with Gasteiger partial charge in [0.25, 0.3) is 0 Å². The smallest absolute Gasteiger partial charge is 0.0805 e. The van der Waals surface area contributed by atoms with Crippen LogP contribution in [-0.4, -0.2) is 6.61 Å². The molecule has 0 aromatic carbocycles. The summed E-state index contributed by atoms with van der Waals surface area (Å²) in [4.78, 5) is 0. The van der Waals surface area contributed by atoms with Crippen molar-refractivity contribution in [3.8, 4) is 0 Å². The second-order valence-electron chi connectivity index (χ2n) is 5.69. The molecule has 0 aromatic heterocycles. The van der Waals surface area contributed by atoms with Gasteiger partial charge in [0.1, 0.15) is 0 Å². The van der Waals surface area contributed by atoms with Crippen molar-refractivity contribution in [3.63, 3.8) is 0 Å². The molecule has 0 spiro atoms. The van der Waals surface area contributed by atoms with Gasteiger partial charge in [0.15, 0.2) is 0 Å². The molecule has 0 amide bonds. The summed E-state index contributed by atoms with van der Waals surface area (Å²) in [5, 5.41) is 0. The van der Waals surface area contributed by atoms with Crippen molar-refractivity contribution in [2.75, 3.05) is 6.61 Å². The van der Waals surface area contributed by atoms with Gasteiger partial charge in [-0.3, -0.25) is 0 Å². The van der Waals surface area contributed by atoms with Gasteiger partial charge in [-0.25, -0.2) is 0 Å². The molecule has 0 saturated heterocycles. The van der Waals surface area contributed by atoms with E-state index in [-0.39, 0.29) is 0 Å². The van der Waals surface area contributed by atoms with Crippen LogP contribution in [0.15, 0.2) is 24.3 Å². The lowest BCUT2D eigenvalue weighted by atomic mass is 10.1. The maximum atomic E-state index is 5.21. The Kier molecular flexibility index (Phi) is 18.9. The number of hydrogen-bond acceptors (Lipinski definition) is 1. The van der Waals surface area contributed by atoms with Crippen LogP contribution in [0.3, 0.4) is 0 Å². The van der Waals surface area contributed by atoms with Crippen LogP contribution in [0.1, 0.15) is 90.9 Å². The maximum absolute atomic E-state index is 5.21. The average molecular weight is 294 g/mol. The predicted molar refractivity (Wildman–Crippen MR) is 95.3 cm³/mol. The highest BCUT2D eigenvalue weighted by atomic mass is 16.5. The summed E-state index contributed by atoms with van der Waals surface area (Å²) < 4.78 is 5.21. The second-order valence-corrected chi connectivity index (χ2v) is 5.69. The SMILES string of the molecule is C[CH]OCCCCCCCC/C=C\C/C=C\CCCCC. The van der Waals surface area contributed by atoms with E-state index >= 15 is 0 Å². The monoisotopic (exact) mass is 293 g/mol. The van der Waals surface area contributed by atoms with E-state index in [0.29, 0.717) is 0 Å². The zero-order valence-electron chi connectivity index (χ0n) is 14.5. The highest BCUT2D eigenvalue weighted by molar-refractivity contribution is 4.92. The molecule has 0 N–H and O–H groups in total. The zero-order chi connectivity index (χ0) is 15.4. The Bertz CT molecular complexity index is 230. The topological polar surface area (TPSA) is 9.23 Å². The predicted octanol–water partition coefficient (Wildman–Crippen LogP) is 7.00. The second kappa shape index (κ2) is 19.4. The van der Waals surface area contributed by atoms with Gasteiger partial charge in [-0.2, -0.15) is 0 Å². The molecule has 0 rings (SSSR count). The van der Waals surface area contributed by atoms with E-state index in [0.717, 1.165) is 13.0 Å². The molecular weight excluding hydrogens is 256 g/mol. The lowest BCUT2D eigenvalue weighted by Crippen LogP contribution is -1.89. The van der Waals surface area contributed by atoms with Crippen molar-refractivity contribution in [2.24, 2.45) is 0 Å². The lowest BCUT2D eigenvalue weighted by Gasteiger charge is -2.01. The summed E-state index contributed by atoms with van der Waals surface area (Å²) in [6, 6.07) is 0. The Labute approximate surface area is 133 Å². The molecule has 0 fully saturated rings. The summed E-state index contributed by atoms with van der Waals surface area (Å²) in [5.74, 6) is 0. The molecule has 1 heteroatoms. The molecule has 21 heavy (non-hydrogen) atoms. The Morgan fingerprint density at radius 2 is 1.24 bits per heavy atom. The van der Waals surface area contributed by atoms with Crippen molar-refractivity contribution in [1.82, 2.24) is 0 Å². The molecule has 0 aliphatic carbocycles. The highest BCUT2D eigenvalue weighted by Crippen LogP contribution is 2.08. The molecule has 1 radical (unpaired) electrons. The molecular formula is C20H37O. The maximum Gasteiger partial charge on any atom is 0.0805 e. The summed E-state index contributed by atoms with van der Waals surface area (Å²) in [7, 11) is 0. The van der Waals surface area contributed by atoms with E-state index in [1.54, 1.807) is 6.61 Å². The Hall–Kier alpha value is -0.560. The first-order valence-electron chi connectivity index (χ1n) is 9.11. The summed E-state index contributed by atoms with van der Waals surface area (Å²) in [5.41, 5.74) is 0. The zero-order valence-corrected chi connectivity index (χ0v) is 14.5. The fourth-order valence-corrected chi connectivity index (χ4v) is 2.29. The van der Waals surface area contributed by atoms with Crippen molar-refractivity contribution >= 4 is 0 Å². The van der Waals surface area contributed by atoms with E-state index in [9.17, 15) is 0 Å². The van der Waals surface area contributed by atoms with E-state index in [4.69, 9.17) is 4.74 Å². The van der Waals surface area contributed by atoms with Crippen LogP contribution in [0.4, 0.5) is 0 Å².